The van der Waals surface area contributed by atoms with E-state index in [1.165, 1.54) is 11.0 Å². The minimum atomic E-state index is -0.215. The molecular weight excluding hydrogens is 319 g/mol. The van der Waals surface area contributed by atoms with Gasteiger partial charge in [-0.1, -0.05) is 30.3 Å². The van der Waals surface area contributed by atoms with Crippen LogP contribution in [0.2, 0.25) is 0 Å². The standard InChI is InChI=1S/C20H21FN2O2/c1-14(15-8-4-5-11-18(15)21)22-12-6-7-13-23-19(24)16-9-2-3-10-17(16)20(23)25/h2-5,8-11,14,22H,6-7,12-13H2,1H3. The summed E-state index contributed by atoms with van der Waals surface area (Å²) in [5.41, 5.74) is 1.61. The molecule has 1 unspecified atom stereocenters. The zero-order valence-corrected chi connectivity index (χ0v) is 14.2. The molecule has 0 aromatic heterocycles. The number of imide groups is 1. The van der Waals surface area contributed by atoms with E-state index in [-0.39, 0.29) is 23.7 Å². The molecule has 0 bridgehead atoms. The van der Waals surface area contributed by atoms with Gasteiger partial charge in [-0.15, -0.1) is 0 Å². The van der Waals surface area contributed by atoms with Crippen LogP contribution in [0.25, 0.3) is 0 Å². The normalized spacial score (nSPS) is 14.7. The number of carbonyl (C=O) groups excluding carboxylic acids is 2. The van der Waals surface area contributed by atoms with Crippen LogP contribution < -0.4 is 5.32 Å². The highest BCUT2D eigenvalue weighted by atomic mass is 19.1. The van der Waals surface area contributed by atoms with Crippen LogP contribution in [0.3, 0.4) is 0 Å². The van der Waals surface area contributed by atoms with Crippen LogP contribution in [0.1, 0.15) is 52.1 Å². The lowest BCUT2D eigenvalue weighted by atomic mass is 10.1. The van der Waals surface area contributed by atoms with Crippen molar-refractivity contribution >= 4 is 11.8 Å². The van der Waals surface area contributed by atoms with Gasteiger partial charge in [0.1, 0.15) is 5.82 Å². The Morgan fingerprint density at radius 1 is 0.960 bits per heavy atom. The maximum Gasteiger partial charge on any atom is 0.261 e. The number of benzene rings is 2. The number of nitrogens with one attached hydrogen (secondary N) is 1. The summed E-state index contributed by atoms with van der Waals surface area (Å²) in [6, 6.07) is 13.5. The number of fused-ring (bicyclic) bond motifs is 1. The van der Waals surface area contributed by atoms with Crippen molar-refractivity contribution in [1.82, 2.24) is 10.2 Å². The van der Waals surface area contributed by atoms with Crippen molar-refractivity contribution in [3.05, 3.63) is 71.0 Å². The summed E-state index contributed by atoms with van der Waals surface area (Å²) >= 11 is 0. The fraction of sp³-hybridized carbons (Fsp3) is 0.300. The van der Waals surface area contributed by atoms with Gasteiger partial charge >= 0.3 is 0 Å². The summed E-state index contributed by atoms with van der Waals surface area (Å²) in [5, 5.41) is 3.28. The summed E-state index contributed by atoms with van der Waals surface area (Å²) in [6.07, 6.45) is 1.51. The van der Waals surface area contributed by atoms with Gasteiger partial charge in [-0.2, -0.15) is 0 Å². The molecule has 1 aliphatic heterocycles. The zero-order chi connectivity index (χ0) is 17.8. The van der Waals surface area contributed by atoms with Crippen molar-refractivity contribution in [2.24, 2.45) is 0 Å². The summed E-state index contributed by atoms with van der Waals surface area (Å²) in [7, 11) is 0. The summed E-state index contributed by atoms with van der Waals surface area (Å²) in [4.78, 5) is 25.8. The van der Waals surface area contributed by atoms with Crippen LogP contribution in [0, 0.1) is 5.82 Å². The van der Waals surface area contributed by atoms with Crippen LogP contribution in [0.5, 0.6) is 0 Å². The number of halogens is 1. The molecule has 0 radical (unpaired) electrons. The molecule has 4 nitrogen and oxygen atoms in total. The third-order valence-electron chi connectivity index (χ3n) is 4.51. The average molecular weight is 340 g/mol. The number of unbranched alkanes of at least 4 members (excludes halogenated alkanes) is 1. The van der Waals surface area contributed by atoms with Crippen molar-refractivity contribution in [3.63, 3.8) is 0 Å². The molecule has 1 atom stereocenters. The Balaban J connectivity index is 1.45. The molecule has 5 heteroatoms. The molecule has 3 rings (SSSR count). The first-order valence-electron chi connectivity index (χ1n) is 8.52. The molecule has 0 spiro atoms. The predicted octanol–water partition coefficient (Wildman–Crippen LogP) is 3.55. The van der Waals surface area contributed by atoms with Crippen molar-refractivity contribution in [2.45, 2.75) is 25.8 Å². The van der Waals surface area contributed by atoms with Crippen LogP contribution in [0.15, 0.2) is 48.5 Å². The zero-order valence-electron chi connectivity index (χ0n) is 14.2. The molecule has 25 heavy (non-hydrogen) atoms. The molecular formula is C20H21FN2O2. The predicted molar refractivity (Wildman–Crippen MR) is 93.9 cm³/mol. The van der Waals surface area contributed by atoms with Crippen LogP contribution in [-0.2, 0) is 0 Å². The fourth-order valence-electron chi connectivity index (χ4n) is 3.09. The quantitative estimate of drug-likeness (QED) is 0.619. The third-order valence-corrected chi connectivity index (χ3v) is 4.51. The molecule has 0 saturated heterocycles. The second kappa shape index (κ2) is 7.57. The van der Waals surface area contributed by atoms with E-state index < -0.39 is 0 Å². The van der Waals surface area contributed by atoms with Crippen molar-refractivity contribution in [1.29, 1.82) is 0 Å². The van der Waals surface area contributed by atoms with E-state index >= 15 is 0 Å². The molecule has 130 valence electrons. The smallest absolute Gasteiger partial charge is 0.261 e. The second-order valence-corrected chi connectivity index (χ2v) is 6.21. The molecule has 2 aromatic carbocycles. The van der Waals surface area contributed by atoms with Gasteiger partial charge in [0.05, 0.1) is 11.1 Å². The summed E-state index contributed by atoms with van der Waals surface area (Å²) < 4.78 is 13.7. The van der Waals surface area contributed by atoms with Gasteiger partial charge in [0, 0.05) is 18.2 Å². The second-order valence-electron chi connectivity index (χ2n) is 6.21. The van der Waals surface area contributed by atoms with E-state index in [2.05, 4.69) is 5.32 Å². The number of carbonyl (C=O) groups is 2. The van der Waals surface area contributed by atoms with E-state index in [4.69, 9.17) is 0 Å². The van der Waals surface area contributed by atoms with E-state index in [1.54, 1.807) is 36.4 Å². The largest absolute Gasteiger partial charge is 0.310 e. The van der Waals surface area contributed by atoms with Crippen LogP contribution in [0.4, 0.5) is 4.39 Å². The van der Waals surface area contributed by atoms with Crippen LogP contribution >= 0.6 is 0 Å². The van der Waals surface area contributed by atoms with E-state index in [9.17, 15) is 14.0 Å². The number of amides is 2. The van der Waals surface area contributed by atoms with Crippen molar-refractivity contribution < 1.29 is 14.0 Å². The molecule has 0 aliphatic carbocycles. The number of nitrogens with zero attached hydrogens (tertiary/aromatic N) is 1. The highest BCUT2D eigenvalue weighted by molar-refractivity contribution is 6.21. The first-order chi connectivity index (χ1) is 12.1. The Kier molecular flexibility index (Phi) is 5.24. The maximum absolute atomic E-state index is 13.7. The Bertz CT molecular complexity index is 756. The van der Waals surface area contributed by atoms with Gasteiger partial charge in [-0.05, 0) is 44.5 Å². The maximum atomic E-state index is 13.7. The monoisotopic (exact) mass is 340 g/mol. The van der Waals surface area contributed by atoms with Crippen LogP contribution in [-0.4, -0.2) is 29.8 Å². The van der Waals surface area contributed by atoms with E-state index in [0.717, 1.165) is 6.42 Å². The van der Waals surface area contributed by atoms with E-state index in [1.807, 2.05) is 13.0 Å². The SMILES string of the molecule is CC(NCCCCN1C(=O)c2ccccc2C1=O)c1ccccc1F. The van der Waals surface area contributed by atoms with Crippen molar-refractivity contribution in [2.75, 3.05) is 13.1 Å². The lowest BCUT2D eigenvalue weighted by Gasteiger charge is -2.16. The lowest BCUT2D eigenvalue weighted by Crippen LogP contribution is -2.31. The topological polar surface area (TPSA) is 49.4 Å². The molecule has 1 aliphatic rings. The van der Waals surface area contributed by atoms with Gasteiger partial charge in [0.25, 0.3) is 11.8 Å². The van der Waals surface area contributed by atoms with Crippen molar-refractivity contribution in [3.8, 4) is 0 Å². The first kappa shape index (κ1) is 17.3. The fourth-order valence-corrected chi connectivity index (χ4v) is 3.09. The lowest BCUT2D eigenvalue weighted by molar-refractivity contribution is 0.0651. The Hall–Kier alpha value is -2.53. The molecule has 2 amide bonds. The third kappa shape index (κ3) is 3.61. The highest BCUT2D eigenvalue weighted by Gasteiger charge is 2.34. The van der Waals surface area contributed by atoms with Gasteiger partial charge in [-0.25, -0.2) is 4.39 Å². The molecule has 1 N–H and O–H groups in total. The highest BCUT2D eigenvalue weighted by Crippen LogP contribution is 2.22. The van der Waals surface area contributed by atoms with Gasteiger partial charge in [0.2, 0.25) is 0 Å². The number of hydrogen-bond acceptors (Lipinski definition) is 3. The Morgan fingerprint density at radius 3 is 2.20 bits per heavy atom. The molecule has 1 heterocycles. The van der Waals surface area contributed by atoms with Gasteiger partial charge in [-0.3, -0.25) is 14.5 Å². The molecule has 0 saturated carbocycles. The summed E-state index contributed by atoms with van der Waals surface area (Å²) in [5.74, 6) is -0.643. The van der Waals surface area contributed by atoms with E-state index in [0.29, 0.717) is 36.2 Å². The summed E-state index contributed by atoms with van der Waals surface area (Å²) in [6.45, 7) is 3.02. The Morgan fingerprint density at radius 2 is 1.56 bits per heavy atom. The average Bonchev–Trinajstić information content (AvgIpc) is 2.86. The van der Waals surface area contributed by atoms with Gasteiger partial charge < -0.3 is 5.32 Å². The van der Waals surface area contributed by atoms with Gasteiger partial charge in [0.15, 0.2) is 0 Å². The number of hydrogen-bond donors (Lipinski definition) is 1. The number of rotatable bonds is 7. The molecule has 0 fully saturated rings. The minimum Gasteiger partial charge on any atom is -0.310 e. The Labute approximate surface area is 146 Å². The first-order valence-corrected chi connectivity index (χ1v) is 8.52. The molecule has 2 aromatic rings. The minimum absolute atomic E-state index is 0.0829.